The van der Waals surface area contributed by atoms with Crippen molar-refractivity contribution in [1.82, 2.24) is 14.9 Å². The molecular formula is C33H33ClFN7O4. The number of nitrogen functional groups attached to an aromatic ring is 1. The smallest absolute Gasteiger partial charge is 0.278 e. The third-order valence-corrected chi connectivity index (χ3v) is 8.33. The Bertz CT molecular complexity index is 1770. The Balaban J connectivity index is 1.20. The van der Waals surface area contributed by atoms with Crippen molar-refractivity contribution in [3.05, 3.63) is 88.3 Å². The summed E-state index contributed by atoms with van der Waals surface area (Å²) in [5.74, 6) is 0.877. The van der Waals surface area contributed by atoms with E-state index in [9.17, 15) is 9.18 Å². The average Bonchev–Trinajstić information content (AvgIpc) is 3.31. The molecule has 46 heavy (non-hydrogen) atoms. The number of fused-ring (bicyclic) bond motifs is 1. The van der Waals surface area contributed by atoms with Crippen molar-refractivity contribution >= 4 is 46.4 Å². The summed E-state index contributed by atoms with van der Waals surface area (Å²) in [4.78, 5) is 33.0. The van der Waals surface area contributed by atoms with Crippen LogP contribution >= 0.6 is 11.6 Å². The lowest BCUT2D eigenvalue weighted by atomic mass is 10.1. The lowest BCUT2D eigenvalue weighted by Gasteiger charge is -2.37. The summed E-state index contributed by atoms with van der Waals surface area (Å²) in [6.07, 6.45) is 1.94. The summed E-state index contributed by atoms with van der Waals surface area (Å²) in [7, 11) is 4.63. The zero-order valence-corrected chi connectivity index (χ0v) is 26.4. The van der Waals surface area contributed by atoms with Crippen LogP contribution in [0.3, 0.4) is 0 Å². The molecule has 1 amide bonds. The van der Waals surface area contributed by atoms with Crippen LogP contribution in [-0.2, 0) is 11.2 Å². The maximum Gasteiger partial charge on any atom is 0.278 e. The Kier molecular flexibility index (Phi) is 8.91. The number of nitrogens with two attached hydrogens (primary N) is 1. The number of benzene rings is 3. The molecule has 238 valence electrons. The van der Waals surface area contributed by atoms with E-state index in [0.717, 1.165) is 37.4 Å². The maximum absolute atomic E-state index is 14.4. The number of amides is 1. The summed E-state index contributed by atoms with van der Waals surface area (Å²) in [5, 5.41) is 0.696. The topological polar surface area (TPSA) is 119 Å². The molecule has 1 aromatic heterocycles. The van der Waals surface area contributed by atoms with Crippen LogP contribution in [-0.4, -0.2) is 80.7 Å². The molecular weight excluding hydrogens is 613 g/mol. The zero-order valence-electron chi connectivity index (χ0n) is 25.7. The standard InChI is InChI=1S/C33H33ClFN7O4/c1-44-27-15-20(16-28(45-2)30(27)46-3)14-21-18-37-33(39-31(21)36)38-29-25-17-23(35)6-9-26(25)42(32(29)43)19-40-10-12-41(13-11-40)24-7-4-22(34)5-8-24/h4-9,15-18H,10-14,19H2,1-3H3,(H2,36,37,39)/b38-29-. The van der Waals surface area contributed by atoms with Crippen molar-refractivity contribution in [2.75, 3.05) is 69.7 Å². The summed E-state index contributed by atoms with van der Waals surface area (Å²) in [5.41, 5.74) is 9.93. The van der Waals surface area contributed by atoms with Gasteiger partial charge >= 0.3 is 0 Å². The molecule has 0 aliphatic carbocycles. The fourth-order valence-electron chi connectivity index (χ4n) is 5.69. The molecule has 0 bridgehead atoms. The van der Waals surface area contributed by atoms with Crippen LogP contribution in [0.1, 0.15) is 16.7 Å². The third-order valence-electron chi connectivity index (χ3n) is 8.07. The first-order chi connectivity index (χ1) is 22.3. The Morgan fingerprint density at radius 1 is 0.957 bits per heavy atom. The molecule has 4 aromatic rings. The molecule has 3 heterocycles. The molecule has 6 rings (SSSR count). The second kappa shape index (κ2) is 13.2. The molecule has 0 spiro atoms. The van der Waals surface area contributed by atoms with Crippen LogP contribution < -0.4 is 29.7 Å². The number of methoxy groups -OCH3 is 3. The Labute approximate surface area is 271 Å². The SMILES string of the molecule is COc1cc(Cc2cnc(/N=C3\C(=O)N(CN4CCN(c5ccc(Cl)cc5)CC4)c4ccc(F)cc43)nc2N)cc(OC)c1OC. The molecule has 2 aliphatic heterocycles. The minimum Gasteiger partial charge on any atom is -0.493 e. The van der Waals surface area contributed by atoms with Crippen LogP contribution in [0.15, 0.2) is 65.8 Å². The van der Waals surface area contributed by atoms with Crippen LogP contribution in [0.25, 0.3) is 0 Å². The monoisotopic (exact) mass is 645 g/mol. The average molecular weight is 646 g/mol. The lowest BCUT2D eigenvalue weighted by molar-refractivity contribution is -0.112. The van der Waals surface area contributed by atoms with E-state index in [2.05, 4.69) is 24.8 Å². The van der Waals surface area contributed by atoms with E-state index in [1.165, 1.54) is 19.2 Å². The van der Waals surface area contributed by atoms with Crippen LogP contribution in [0.2, 0.25) is 5.02 Å². The predicted octanol–water partition coefficient (Wildman–Crippen LogP) is 4.72. The number of piperazine rings is 1. The lowest BCUT2D eigenvalue weighted by Crippen LogP contribution is -2.51. The number of hydrogen-bond acceptors (Lipinski definition) is 10. The minimum absolute atomic E-state index is 0.00290. The van der Waals surface area contributed by atoms with Gasteiger partial charge in [-0.2, -0.15) is 4.98 Å². The van der Waals surface area contributed by atoms with E-state index in [4.69, 9.17) is 31.5 Å². The van der Waals surface area contributed by atoms with E-state index in [-0.39, 0.29) is 23.4 Å². The van der Waals surface area contributed by atoms with Crippen LogP contribution in [0, 0.1) is 5.82 Å². The van der Waals surface area contributed by atoms with Gasteiger partial charge in [0.1, 0.15) is 17.3 Å². The molecule has 0 radical (unpaired) electrons. The highest BCUT2D eigenvalue weighted by molar-refractivity contribution is 6.54. The van der Waals surface area contributed by atoms with Crippen molar-refractivity contribution in [3.63, 3.8) is 0 Å². The van der Waals surface area contributed by atoms with Crippen molar-refractivity contribution in [3.8, 4) is 17.2 Å². The largest absolute Gasteiger partial charge is 0.493 e. The number of carbonyl (C=O) groups is 1. The number of carbonyl (C=O) groups excluding carboxylic acids is 1. The quantitative estimate of drug-likeness (QED) is 0.276. The van der Waals surface area contributed by atoms with E-state index >= 15 is 0 Å². The fourth-order valence-corrected chi connectivity index (χ4v) is 5.82. The first-order valence-corrected chi connectivity index (χ1v) is 15.0. The molecule has 11 nitrogen and oxygen atoms in total. The van der Waals surface area contributed by atoms with Gasteiger partial charge in [0.15, 0.2) is 11.5 Å². The number of nitrogens with zero attached hydrogens (tertiary/aromatic N) is 6. The summed E-state index contributed by atoms with van der Waals surface area (Å²) in [6, 6.07) is 15.7. The predicted molar refractivity (Wildman–Crippen MR) is 176 cm³/mol. The number of hydrogen-bond donors (Lipinski definition) is 1. The molecule has 2 aliphatic rings. The van der Waals surface area contributed by atoms with Gasteiger partial charge in [-0.25, -0.2) is 14.4 Å². The van der Waals surface area contributed by atoms with Crippen molar-refractivity contribution < 1.29 is 23.4 Å². The molecule has 2 N–H and O–H groups in total. The Hall–Kier alpha value is -4.94. The third kappa shape index (κ3) is 6.26. The summed E-state index contributed by atoms with van der Waals surface area (Å²) < 4.78 is 30.7. The van der Waals surface area contributed by atoms with E-state index in [1.807, 2.05) is 36.4 Å². The van der Waals surface area contributed by atoms with Gasteiger partial charge in [-0.15, -0.1) is 0 Å². The normalized spacial score (nSPS) is 15.8. The molecule has 0 saturated carbocycles. The molecule has 1 fully saturated rings. The van der Waals surface area contributed by atoms with Gasteiger partial charge in [-0.05, 0) is 60.2 Å². The van der Waals surface area contributed by atoms with E-state index < -0.39 is 5.82 Å². The molecule has 0 atom stereocenters. The number of ether oxygens (including phenoxy) is 3. The van der Waals surface area contributed by atoms with Crippen molar-refractivity contribution in [2.24, 2.45) is 4.99 Å². The zero-order chi connectivity index (χ0) is 32.4. The van der Waals surface area contributed by atoms with Gasteiger partial charge < -0.3 is 24.8 Å². The highest BCUT2D eigenvalue weighted by Crippen LogP contribution is 2.39. The summed E-state index contributed by atoms with van der Waals surface area (Å²) in [6.45, 7) is 3.39. The highest BCUT2D eigenvalue weighted by atomic mass is 35.5. The van der Waals surface area contributed by atoms with Gasteiger partial charge in [0.2, 0.25) is 5.75 Å². The second-order valence-electron chi connectivity index (χ2n) is 10.9. The van der Waals surface area contributed by atoms with E-state index in [1.54, 1.807) is 31.4 Å². The highest BCUT2D eigenvalue weighted by Gasteiger charge is 2.36. The van der Waals surface area contributed by atoms with Crippen molar-refractivity contribution in [2.45, 2.75) is 6.42 Å². The van der Waals surface area contributed by atoms with Gasteiger partial charge in [0.25, 0.3) is 11.9 Å². The van der Waals surface area contributed by atoms with Crippen LogP contribution in [0.4, 0.5) is 27.5 Å². The number of aliphatic imine (C=N–C) groups is 1. The van der Waals surface area contributed by atoms with Gasteiger partial charge in [-0.3, -0.25) is 14.6 Å². The first-order valence-electron chi connectivity index (χ1n) is 14.6. The second-order valence-corrected chi connectivity index (χ2v) is 11.3. The first kappa shape index (κ1) is 31.1. The fraction of sp³-hybridized carbons (Fsp3) is 0.273. The van der Waals surface area contributed by atoms with Gasteiger partial charge in [-0.1, -0.05) is 11.6 Å². The molecule has 3 aromatic carbocycles. The Morgan fingerprint density at radius 2 is 1.65 bits per heavy atom. The Morgan fingerprint density at radius 3 is 2.28 bits per heavy atom. The molecule has 1 saturated heterocycles. The summed E-state index contributed by atoms with van der Waals surface area (Å²) >= 11 is 6.05. The number of halogens is 2. The maximum atomic E-state index is 14.4. The van der Waals surface area contributed by atoms with E-state index in [0.29, 0.717) is 52.2 Å². The van der Waals surface area contributed by atoms with Crippen LogP contribution in [0.5, 0.6) is 17.2 Å². The molecule has 0 unspecified atom stereocenters. The molecule has 13 heteroatoms. The van der Waals surface area contributed by atoms with Gasteiger partial charge in [0, 0.05) is 60.6 Å². The van der Waals surface area contributed by atoms with Crippen molar-refractivity contribution in [1.29, 1.82) is 0 Å². The minimum atomic E-state index is -0.473. The number of aromatic nitrogens is 2. The number of rotatable bonds is 9. The number of anilines is 3. The van der Waals surface area contributed by atoms with Gasteiger partial charge in [0.05, 0.1) is 33.7 Å².